The van der Waals surface area contributed by atoms with Crippen molar-refractivity contribution >= 4 is 16.8 Å². The van der Waals surface area contributed by atoms with Crippen LogP contribution in [0.3, 0.4) is 0 Å². The molecule has 0 radical (unpaired) electrons. The zero-order valence-corrected chi connectivity index (χ0v) is 15.6. The Morgan fingerprint density at radius 1 is 1.40 bits per heavy atom. The molecule has 1 aliphatic rings. The third-order valence-electron chi connectivity index (χ3n) is 5.35. The monoisotopic (exact) mass is 345 g/mol. The van der Waals surface area contributed by atoms with Crippen LogP contribution in [-0.2, 0) is 0 Å². The lowest BCUT2D eigenvalue weighted by Gasteiger charge is -2.43. The SMILES string of the molecule is Cc1cc(F)cc2[nH]c(C(=O)NCC(C)(C)N3CCC[C@@H](C)C3)cc12. The molecule has 2 aromatic rings. The molecule has 3 rings (SSSR count). The molecule has 0 bridgehead atoms. The summed E-state index contributed by atoms with van der Waals surface area (Å²) in [6.07, 6.45) is 2.50. The Hall–Kier alpha value is -1.88. The number of aromatic nitrogens is 1. The number of H-pyrrole nitrogens is 1. The highest BCUT2D eigenvalue weighted by molar-refractivity contribution is 5.98. The highest BCUT2D eigenvalue weighted by Crippen LogP contribution is 2.24. The molecule has 5 heteroatoms. The summed E-state index contributed by atoms with van der Waals surface area (Å²) in [5.74, 6) is 0.267. The summed E-state index contributed by atoms with van der Waals surface area (Å²) in [6.45, 7) is 11.2. The molecule has 2 heterocycles. The number of likely N-dealkylation sites (tertiary alicyclic amines) is 1. The van der Waals surface area contributed by atoms with E-state index in [2.05, 4.69) is 36.0 Å². The number of hydrogen-bond acceptors (Lipinski definition) is 2. The average Bonchev–Trinajstić information content (AvgIpc) is 2.97. The summed E-state index contributed by atoms with van der Waals surface area (Å²) in [7, 11) is 0. The number of carbonyl (C=O) groups is 1. The summed E-state index contributed by atoms with van der Waals surface area (Å²) < 4.78 is 13.5. The van der Waals surface area contributed by atoms with Gasteiger partial charge in [-0.05, 0) is 69.8 Å². The van der Waals surface area contributed by atoms with Gasteiger partial charge in [-0.2, -0.15) is 0 Å². The molecule has 1 atom stereocenters. The van der Waals surface area contributed by atoms with Crippen molar-refractivity contribution in [3.63, 3.8) is 0 Å². The number of rotatable bonds is 4. The molecule has 0 saturated carbocycles. The number of carbonyl (C=O) groups excluding carboxylic acids is 1. The molecule has 0 aliphatic carbocycles. The van der Waals surface area contributed by atoms with Crippen LogP contribution in [0.1, 0.15) is 49.7 Å². The van der Waals surface area contributed by atoms with Gasteiger partial charge in [0.05, 0.1) is 0 Å². The zero-order chi connectivity index (χ0) is 18.2. The highest BCUT2D eigenvalue weighted by Gasteiger charge is 2.30. The minimum Gasteiger partial charge on any atom is -0.350 e. The van der Waals surface area contributed by atoms with Crippen molar-refractivity contribution in [2.45, 2.75) is 46.1 Å². The van der Waals surface area contributed by atoms with Gasteiger partial charge in [-0.15, -0.1) is 0 Å². The van der Waals surface area contributed by atoms with Gasteiger partial charge in [-0.1, -0.05) is 6.92 Å². The normalized spacial score (nSPS) is 19.3. The van der Waals surface area contributed by atoms with Gasteiger partial charge in [0.1, 0.15) is 11.5 Å². The molecule has 1 fully saturated rings. The van der Waals surface area contributed by atoms with Crippen LogP contribution in [-0.4, -0.2) is 41.0 Å². The van der Waals surface area contributed by atoms with Gasteiger partial charge < -0.3 is 10.3 Å². The van der Waals surface area contributed by atoms with E-state index in [-0.39, 0.29) is 17.3 Å². The number of aromatic amines is 1. The summed E-state index contributed by atoms with van der Waals surface area (Å²) in [5.41, 5.74) is 1.88. The van der Waals surface area contributed by atoms with Gasteiger partial charge in [0.15, 0.2) is 0 Å². The first-order chi connectivity index (χ1) is 11.8. The number of hydrogen-bond donors (Lipinski definition) is 2. The maximum Gasteiger partial charge on any atom is 0.267 e. The second kappa shape index (κ2) is 6.79. The fraction of sp³-hybridized carbons (Fsp3) is 0.550. The molecule has 25 heavy (non-hydrogen) atoms. The molecular formula is C20H28FN3O. The van der Waals surface area contributed by atoms with Crippen molar-refractivity contribution in [3.8, 4) is 0 Å². The number of halogens is 1. The Labute approximate surface area is 148 Å². The zero-order valence-electron chi connectivity index (χ0n) is 15.6. The third kappa shape index (κ3) is 3.87. The van der Waals surface area contributed by atoms with Crippen molar-refractivity contribution in [1.82, 2.24) is 15.2 Å². The Morgan fingerprint density at radius 2 is 2.16 bits per heavy atom. The van der Waals surface area contributed by atoms with E-state index in [4.69, 9.17) is 0 Å². The van der Waals surface area contributed by atoms with E-state index < -0.39 is 0 Å². The Balaban J connectivity index is 1.69. The van der Waals surface area contributed by atoms with Crippen LogP contribution in [0.2, 0.25) is 0 Å². The molecule has 1 amide bonds. The van der Waals surface area contributed by atoms with E-state index in [9.17, 15) is 9.18 Å². The smallest absolute Gasteiger partial charge is 0.267 e. The van der Waals surface area contributed by atoms with Crippen LogP contribution in [0.25, 0.3) is 10.9 Å². The van der Waals surface area contributed by atoms with Crippen molar-refractivity contribution in [3.05, 3.63) is 35.3 Å². The van der Waals surface area contributed by atoms with Gasteiger partial charge in [0.25, 0.3) is 5.91 Å². The number of nitrogens with zero attached hydrogens (tertiary/aromatic N) is 1. The first-order valence-corrected chi connectivity index (χ1v) is 9.08. The van der Waals surface area contributed by atoms with Crippen molar-refractivity contribution in [1.29, 1.82) is 0 Å². The minimum absolute atomic E-state index is 0.0849. The lowest BCUT2D eigenvalue weighted by atomic mass is 9.93. The van der Waals surface area contributed by atoms with E-state index >= 15 is 0 Å². The van der Waals surface area contributed by atoms with E-state index in [1.807, 2.05) is 6.92 Å². The molecule has 0 unspecified atom stereocenters. The van der Waals surface area contributed by atoms with Gasteiger partial charge >= 0.3 is 0 Å². The number of fused-ring (bicyclic) bond motifs is 1. The number of aryl methyl sites for hydroxylation is 1. The standard InChI is InChI=1S/C20H28FN3O/c1-13-6-5-7-24(11-13)20(3,4)12-22-19(25)18-10-16-14(2)8-15(21)9-17(16)23-18/h8-10,13,23H,5-7,11-12H2,1-4H3,(H,22,25)/t13-/m1/s1. The topological polar surface area (TPSA) is 48.1 Å². The van der Waals surface area contributed by atoms with Crippen molar-refractivity contribution in [2.24, 2.45) is 5.92 Å². The predicted octanol–water partition coefficient (Wildman–Crippen LogP) is 3.86. The summed E-state index contributed by atoms with van der Waals surface area (Å²) >= 11 is 0. The van der Waals surface area contributed by atoms with Crippen LogP contribution in [0.5, 0.6) is 0 Å². The lowest BCUT2D eigenvalue weighted by Crippen LogP contribution is -2.54. The minimum atomic E-state index is -0.292. The molecule has 0 spiro atoms. The molecule has 136 valence electrons. The summed E-state index contributed by atoms with van der Waals surface area (Å²) in [6, 6.07) is 4.71. The Kier molecular flexibility index (Phi) is 4.87. The van der Waals surface area contributed by atoms with Crippen molar-refractivity contribution in [2.75, 3.05) is 19.6 Å². The predicted molar refractivity (Wildman–Crippen MR) is 99.4 cm³/mol. The average molecular weight is 345 g/mol. The number of nitrogens with one attached hydrogen (secondary N) is 2. The summed E-state index contributed by atoms with van der Waals surface area (Å²) in [5, 5.41) is 3.93. The van der Waals surface area contributed by atoms with Crippen LogP contribution in [0.15, 0.2) is 18.2 Å². The molecular weight excluding hydrogens is 317 g/mol. The quantitative estimate of drug-likeness (QED) is 0.884. The van der Waals surface area contributed by atoms with E-state index in [0.29, 0.717) is 23.7 Å². The van der Waals surface area contributed by atoms with Gasteiger partial charge in [-0.3, -0.25) is 9.69 Å². The van der Waals surface area contributed by atoms with Crippen molar-refractivity contribution < 1.29 is 9.18 Å². The largest absolute Gasteiger partial charge is 0.350 e. The number of amides is 1. The molecule has 4 nitrogen and oxygen atoms in total. The van der Waals surface area contributed by atoms with Gasteiger partial charge in [0, 0.05) is 29.5 Å². The third-order valence-corrected chi connectivity index (χ3v) is 5.35. The number of benzene rings is 1. The molecule has 1 saturated heterocycles. The van der Waals surface area contributed by atoms with E-state index in [1.54, 1.807) is 6.07 Å². The van der Waals surface area contributed by atoms with Crippen LogP contribution < -0.4 is 5.32 Å². The maximum atomic E-state index is 13.5. The molecule has 1 aromatic carbocycles. The number of piperidine rings is 1. The first-order valence-electron chi connectivity index (χ1n) is 9.08. The molecule has 1 aromatic heterocycles. The second-order valence-electron chi connectivity index (χ2n) is 8.06. The Bertz CT molecular complexity index is 781. The fourth-order valence-electron chi connectivity index (χ4n) is 3.74. The van der Waals surface area contributed by atoms with Crippen LogP contribution >= 0.6 is 0 Å². The Morgan fingerprint density at radius 3 is 2.88 bits per heavy atom. The highest BCUT2D eigenvalue weighted by atomic mass is 19.1. The summed E-state index contributed by atoms with van der Waals surface area (Å²) in [4.78, 5) is 18.0. The second-order valence-corrected chi connectivity index (χ2v) is 8.06. The van der Waals surface area contributed by atoms with Gasteiger partial charge in [-0.25, -0.2) is 4.39 Å². The van der Waals surface area contributed by atoms with Crippen LogP contribution in [0.4, 0.5) is 4.39 Å². The fourth-order valence-corrected chi connectivity index (χ4v) is 3.74. The van der Waals surface area contributed by atoms with Crippen LogP contribution in [0, 0.1) is 18.7 Å². The van der Waals surface area contributed by atoms with Gasteiger partial charge in [0.2, 0.25) is 0 Å². The first kappa shape index (κ1) is 17.9. The maximum absolute atomic E-state index is 13.5. The van der Waals surface area contributed by atoms with E-state index in [0.717, 1.165) is 24.0 Å². The molecule has 1 aliphatic heterocycles. The lowest BCUT2D eigenvalue weighted by molar-refractivity contribution is 0.0656. The van der Waals surface area contributed by atoms with E-state index in [1.165, 1.54) is 25.0 Å². The molecule has 2 N–H and O–H groups in total.